The lowest BCUT2D eigenvalue weighted by Crippen LogP contribution is -2.38. The molecule has 340 valence electrons. The van der Waals surface area contributed by atoms with Crippen LogP contribution in [0.3, 0.4) is 0 Å². The molecule has 0 atom stereocenters. The molecule has 0 bridgehead atoms. The van der Waals surface area contributed by atoms with Gasteiger partial charge in [0.05, 0.1) is 19.0 Å². The van der Waals surface area contributed by atoms with Crippen LogP contribution in [0.2, 0.25) is 0 Å². The van der Waals surface area contributed by atoms with Crippen LogP contribution < -0.4 is 5.32 Å². The van der Waals surface area contributed by atoms with Crippen LogP contribution >= 0.6 is 47.8 Å². The van der Waals surface area contributed by atoms with Gasteiger partial charge in [0.15, 0.2) is 0 Å². The van der Waals surface area contributed by atoms with Crippen LogP contribution in [0.4, 0.5) is 13.2 Å². The first-order chi connectivity index (χ1) is 29.1. The Morgan fingerprint density at radius 3 is 1.98 bits per heavy atom. The van der Waals surface area contributed by atoms with E-state index in [1.807, 2.05) is 13.8 Å². The predicted octanol–water partition coefficient (Wildman–Crippen LogP) is 10.2. The van der Waals surface area contributed by atoms with Crippen molar-refractivity contribution in [3.8, 4) is 0 Å². The molecule has 2 aliphatic carbocycles. The van der Waals surface area contributed by atoms with Gasteiger partial charge in [0.25, 0.3) is 0 Å². The van der Waals surface area contributed by atoms with E-state index in [0.29, 0.717) is 36.9 Å². The first-order valence-corrected chi connectivity index (χ1v) is 24.3. The van der Waals surface area contributed by atoms with Gasteiger partial charge < -0.3 is 24.8 Å². The Labute approximate surface area is 384 Å². The highest BCUT2D eigenvalue weighted by Crippen LogP contribution is 2.53. The number of hydrogen-bond acceptors (Lipinski definition) is 9. The van der Waals surface area contributed by atoms with Gasteiger partial charge in [0.1, 0.15) is 0 Å². The van der Waals surface area contributed by atoms with Crippen LogP contribution in [0.15, 0.2) is 50.3 Å². The van der Waals surface area contributed by atoms with Gasteiger partial charge in [0.2, 0.25) is 0 Å². The number of fused-ring (bicyclic) bond motifs is 5. The van der Waals surface area contributed by atoms with Crippen molar-refractivity contribution in [2.75, 3.05) is 57.8 Å². The number of alkyl halides is 4. The monoisotopic (exact) mass is 1050 g/mol. The average Bonchev–Trinajstić information content (AvgIpc) is 4.17. The molecule has 0 unspecified atom stereocenters. The number of aliphatic imine (C=N–C) groups is 1. The number of nitrogens with zero attached hydrogens (tertiary/aromatic N) is 3. The van der Waals surface area contributed by atoms with Crippen molar-refractivity contribution in [2.24, 2.45) is 4.99 Å². The predicted molar refractivity (Wildman–Crippen MR) is 243 cm³/mol. The minimum absolute atomic E-state index is 0.0695. The molecule has 0 aromatic heterocycles. The number of hydrogen-bond donors (Lipinski definition) is 2. The van der Waals surface area contributed by atoms with E-state index in [1.165, 1.54) is 103 Å². The number of carbonyl (C=O) groups excluding carboxylic acids is 2. The summed E-state index contributed by atoms with van der Waals surface area (Å²) in [4.78, 5) is 40.4. The van der Waals surface area contributed by atoms with Crippen LogP contribution in [0.1, 0.15) is 120 Å². The quantitative estimate of drug-likeness (QED) is 0.187. The Morgan fingerprint density at radius 2 is 1.41 bits per heavy atom. The Kier molecular flexibility index (Phi) is 21.0. The molecule has 2 spiro atoms. The Hall–Kier alpha value is -2.53. The number of carboxylic acid groups (broad SMARTS) is 1. The van der Waals surface area contributed by atoms with E-state index in [4.69, 9.17) is 14.6 Å². The molecular weight excluding hydrogens is 989 g/mol. The van der Waals surface area contributed by atoms with Gasteiger partial charge in [-0.15, -0.1) is 0 Å². The minimum atomic E-state index is -5.08. The van der Waals surface area contributed by atoms with E-state index in [2.05, 4.69) is 109 Å². The molecule has 61 heavy (non-hydrogen) atoms. The molecule has 6 aliphatic rings. The first-order valence-electron chi connectivity index (χ1n) is 21.6. The fourth-order valence-electron chi connectivity index (χ4n) is 8.12. The fourth-order valence-corrected chi connectivity index (χ4v) is 9.12. The smallest absolute Gasteiger partial charge is 0.475 e. The second-order valence-electron chi connectivity index (χ2n) is 16.2. The van der Waals surface area contributed by atoms with E-state index in [0.717, 1.165) is 50.9 Å². The Bertz CT molecular complexity index is 1770. The maximum absolute atomic E-state index is 11.4. The molecule has 2 aromatic rings. The highest BCUT2D eigenvalue weighted by molar-refractivity contribution is 9.10. The number of aliphatic carboxylic acids is 1. The van der Waals surface area contributed by atoms with Crippen LogP contribution in [-0.2, 0) is 47.8 Å². The van der Waals surface area contributed by atoms with E-state index in [9.17, 15) is 22.8 Å². The summed E-state index contributed by atoms with van der Waals surface area (Å²) in [5, 5.41) is 11.5. The zero-order valence-corrected chi connectivity index (χ0v) is 40.3. The third-order valence-electron chi connectivity index (χ3n) is 11.5. The summed E-state index contributed by atoms with van der Waals surface area (Å²) in [6, 6.07) is 13.4. The zero-order chi connectivity index (χ0) is 44.5. The normalized spacial score (nSPS) is 18.8. The molecule has 2 aromatic carbocycles. The summed E-state index contributed by atoms with van der Waals surface area (Å²) < 4.78 is 43.8. The third-order valence-corrected chi connectivity index (χ3v) is 13.0. The summed E-state index contributed by atoms with van der Waals surface area (Å²) >= 11 is 10.4. The molecule has 0 radical (unpaired) electrons. The number of rotatable bonds is 9. The molecule has 16 heteroatoms. The molecule has 4 heterocycles. The average molecular weight is 1050 g/mol. The van der Waals surface area contributed by atoms with Gasteiger partial charge in [-0.3, -0.25) is 19.5 Å². The van der Waals surface area contributed by atoms with Crippen LogP contribution in [-0.4, -0.2) is 103 Å². The van der Waals surface area contributed by atoms with Crippen molar-refractivity contribution >= 4 is 71.5 Å². The van der Waals surface area contributed by atoms with E-state index in [-0.39, 0.29) is 11.9 Å². The highest BCUT2D eigenvalue weighted by atomic mass is 79.9. The summed E-state index contributed by atoms with van der Waals surface area (Å²) in [6.07, 6.45) is 9.68. The molecule has 2 N–H and O–H groups in total. The molecule has 1 saturated heterocycles. The van der Waals surface area contributed by atoms with E-state index < -0.39 is 12.1 Å². The molecule has 8 rings (SSSR count). The lowest BCUT2D eigenvalue weighted by atomic mass is 9.87. The number of nitrogens with one attached hydrogen (secondary N) is 1. The molecule has 0 amide bonds. The van der Waals surface area contributed by atoms with Gasteiger partial charge in [-0.05, 0) is 125 Å². The van der Waals surface area contributed by atoms with Crippen molar-refractivity contribution in [3.05, 3.63) is 67.6 Å². The summed E-state index contributed by atoms with van der Waals surface area (Å²) in [5.74, 6) is -1.53. The van der Waals surface area contributed by atoms with Crippen LogP contribution in [0.25, 0.3) is 0 Å². The number of amidine groups is 1. The summed E-state index contributed by atoms with van der Waals surface area (Å²) in [7, 11) is 0. The van der Waals surface area contributed by atoms with Crippen LogP contribution in [0.5, 0.6) is 0 Å². The maximum Gasteiger partial charge on any atom is 0.490 e. The van der Waals surface area contributed by atoms with Crippen molar-refractivity contribution in [2.45, 2.75) is 127 Å². The van der Waals surface area contributed by atoms with Crippen molar-refractivity contribution in [1.82, 2.24) is 15.1 Å². The number of benzene rings is 2. The van der Waals surface area contributed by atoms with Crippen molar-refractivity contribution in [1.29, 1.82) is 0 Å². The number of ether oxygens (including phenoxy) is 2. The van der Waals surface area contributed by atoms with Gasteiger partial charge in [-0.1, -0.05) is 66.3 Å². The standard InChI is InChI=1S/C17H22BrNO2.C11H12BrN.C9H16N2.C6H11BrO2.C2HF3O2/c1-2-21-16(20)4-3-9-19-11-13-5-6-14(18)10-15(13)17(12-19)7-8-17;12-9-2-1-8-6-13-7-11(3-4-11)10(8)5-9;1-2-5-9-10-6-4-8-11(9)7-3-1;1-2-9-6(8)4-3-5-7;3-2(4,5)1(6)7/h5-6,10H,2-4,7-9,11-12H2,1H3;1-2,5,13H,3-4,6-7H2;1-8H2;2-5H2,1H3;(H,6,7). The number of esters is 2. The van der Waals surface area contributed by atoms with Crippen molar-refractivity contribution < 1.29 is 42.1 Å². The maximum atomic E-state index is 11.4. The lowest BCUT2D eigenvalue weighted by molar-refractivity contribution is -0.192. The number of carbonyl (C=O) groups is 3. The topological polar surface area (TPSA) is 121 Å². The van der Waals surface area contributed by atoms with E-state index in [1.54, 1.807) is 11.1 Å². The SMILES string of the molecule is Brc1ccc2c(c1)C1(CC1)CNC2.C1CCC2=NCCCN2CC1.CCOC(=O)CCCBr.CCOC(=O)CCCN1Cc2ccc(Br)cc2C2(CC2)C1.O=C(O)C(F)(F)F. The number of halogens is 6. The summed E-state index contributed by atoms with van der Waals surface area (Å²) in [5.41, 5.74) is 6.97. The van der Waals surface area contributed by atoms with Crippen LogP contribution in [0, 0.1) is 0 Å². The zero-order valence-electron chi connectivity index (χ0n) is 35.5. The van der Waals surface area contributed by atoms with E-state index >= 15 is 0 Å². The molecule has 3 fully saturated rings. The molecule has 10 nitrogen and oxygen atoms in total. The van der Waals surface area contributed by atoms with Gasteiger partial charge >= 0.3 is 24.1 Å². The highest BCUT2D eigenvalue weighted by Gasteiger charge is 2.49. The largest absolute Gasteiger partial charge is 0.490 e. The minimum Gasteiger partial charge on any atom is -0.475 e. The second kappa shape index (κ2) is 25.1. The lowest BCUT2D eigenvalue weighted by Gasteiger charge is -2.35. The second-order valence-corrected chi connectivity index (χ2v) is 18.9. The fraction of sp³-hybridized carbons (Fsp3) is 0.644. The molecule has 2 saturated carbocycles. The van der Waals surface area contributed by atoms with Gasteiger partial charge in [0, 0.05) is 90.2 Å². The Balaban J connectivity index is 0.000000178. The van der Waals surface area contributed by atoms with Crippen molar-refractivity contribution in [3.63, 3.8) is 0 Å². The number of carboxylic acids is 1. The molecule has 4 aliphatic heterocycles. The molecular formula is C45H62Br3F3N4O6. The van der Waals surface area contributed by atoms with Gasteiger partial charge in [-0.25, -0.2) is 4.79 Å². The summed E-state index contributed by atoms with van der Waals surface area (Å²) in [6.45, 7) is 13.6. The first kappa shape index (κ1) is 51.1. The van der Waals surface area contributed by atoms with Gasteiger partial charge in [-0.2, -0.15) is 13.2 Å². The third kappa shape index (κ3) is 16.8. The Morgan fingerprint density at radius 1 is 0.836 bits per heavy atom.